The van der Waals surface area contributed by atoms with Crippen molar-refractivity contribution in [2.24, 2.45) is 0 Å². The second-order valence-corrected chi connectivity index (χ2v) is 20.0. The Hall–Kier alpha value is -6.70. The number of ether oxygens (including phenoxy) is 4. The maximum absolute atomic E-state index is 12.9. The molecule has 4 aliphatic rings. The molecule has 370 valence electrons. The van der Waals surface area contributed by atoms with Crippen molar-refractivity contribution in [1.29, 1.82) is 0 Å². The summed E-state index contributed by atoms with van der Waals surface area (Å²) in [5.41, 5.74) is 3.41. The highest BCUT2D eigenvalue weighted by atomic mass is 16.6. The molecule has 4 aromatic rings. The highest BCUT2D eigenvalue weighted by Crippen LogP contribution is 2.58. The first-order valence-electron chi connectivity index (χ1n) is 25.1. The third kappa shape index (κ3) is 9.24. The molecule has 0 bridgehead atoms. The van der Waals surface area contributed by atoms with E-state index in [0.29, 0.717) is 48.6 Å². The van der Waals surface area contributed by atoms with Crippen LogP contribution in [0.1, 0.15) is 141 Å². The Balaban J connectivity index is 1.11. The van der Waals surface area contributed by atoms with Crippen LogP contribution in [0.2, 0.25) is 0 Å². The van der Waals surface area contributed by atoms with Crippen LogP contribution < -0.4 is 19.3 Å². The molecule has 2 atom stereocenters. The van der Waals surface area contributed by atoms with E-state index in [-0.39, 0.29) is 36.5 Å². The number of hydrogen-bond donors (Lipinski definition) is 0. The van der Waals surface area contributed by atoms with Crippen LogP contribution in [-0.2, 0) is 29.9 Å². The Labute approximate surface area is 410 Å². The molecule has 4 aliphatic heterocycles. The molecule has 70 heavy (non-hydrogen) atoms. The molecule has 0 aliphatic carbocycles. The second kappa shape index (κ2) is 20.3. The highest BCUT2D eigenvalue weighted by Gasteiger charge is 2.60. The van der Waals surface area contributed by atoms with E-state index in [0.717, 1.165) is 97.8 Å². The van der Waals surface area contributed by atoms with E-state index in [1.807, 2.05) is 24.3 Å². The molecule has 0 saturated carbocycles. The second-order valence-electron chi connectivity index (χ2n) is 20.0. The number of unbranched alkanes of at least 4 members (excludes halogenated alkanes) is 8. The quantitative estimate of drug-likeness (QED) is 0.0336. The Morgan fingerprint density at radius 1 is 0.557 bits per heavy atom. The van der Waals surface area contributed by atoms with Crippen molar-refractivity contribution in [2.75, 3.05) is 36.1 Å². The molecule has 0 fully saturated rings. The first-order chi connectivity index (χ1) is 33.6. The number of carbonyl (C=O) groups excluding carboxylic acids is 2. The lowest BCUT2D eigenvalue weighted by molar-refractivity contribution is -0.385. The van der Waals surface area contributed by atoms with Gasteiger partial charge in [-0.3, -0.25) is 29.8 Å². The number of nitro benzene ring substituents is 2. The number of hydrogen-bond acceptors (Lipinski definition) is 12. The number of carbonyl (C=O) groups is 2. The minimum Gasteiger partial charge on any atom is -0.464 e. The van der Waals surface area contributed by atoms with Crippen molar-refractivity contribution in [3.63, 3.8) is 0 Å². The summed E-state index contributed by atoms with van der Waals surface area (Å²) in [5.74, 6) is 0.571. The van der Waals surface area contributed by atoms with Crippen molar-refractivity contribution in [3.8, 4) is 22.6 Å². The molecule has 0 amide bonds. The van der Waals surface area contributed by atoms with Crippen LogP contribution in [0.4, 0.5) is 22.7 Å². The van der Waals surface area contributed by atoms with E-state index in [1.165, 1.54) is 24.3 Å². The van der Waals surface area contributed by atoms with E-state index >= 15 is 0 Å². The van der Waals surface area contributed by atoms with Gasteiger partial charge in [-0.15, -0.1) is 0 Å². The summed E-state index contributed by atoms with van der Waals surface area (Å²) in [4.78, 5) is 52.7. The van der Waals surface area contributed by atoms with Crippen LogP contribution in [0.25, 0.3) is 23.3 Å². The molecule has 0 aromatic heterocycles. The Morgan fingerprint density at radius 2 is 0.957 bits per heavy atom. The molecule has 2 spiro atoms. The molecule has 14 nitrogen and oxygen atoms in total. The zero-order valence-electron chi connectivity index (χ0n) is 41.4. The van der Waals surface area contributed by atoms with Gasteiger partial charge < -0.3 is 28.7 Å². The Kier molecular flexibility index (Phi) is 14.4. The van der Waals surface area contributed by atoms with Gasteiger partial charge in [0.25, 0.3) is 11.4 Å². The van der Waals surface area contributed by atoms with Gasteiger partial charge in [-0.05, 0) is 123 Å². The fraction of sp³-hybridized carbons (Fsp3) is 0.464. The van der Waals surface area contributed by atoms with Crippen LogP contribution in [0.3, 0.4) is 0 Å². The number of fused-ring (bicyclic) bond motifs is 4. The first-order valence-corrected chi connectivity index (χ1v) is 25.1. The molecule has 2 unspecified atom stereocenters. The summed E-state index contributed by atoms with van der Waals surface area (Å²) in [6.07, 6.45) is 18.8. The number of esters is 2. The lowest BCUT2D eigenvalue weighted by atomic mass is 9.75. The van der Waals surface area contributed by atoms with Gasteiger partial charge in [0.05, 0.1) is 33.8 Å². The van der Waals surface area contributed by atoms with Crippen LogP contribution >= 0.6 is 0 Å². The Bertz CT molecular complexity index is 2530. The van der Waals surface area contributed by atoms with Crippen molar-refractivity contribution >= 4 is 46.8 Å². The van der Waals surface area contributed by atoms with Gasteiger partial charge in [0.2, 0.25) is 11.4 Å². The zero-order chi connectivity index (χ0) is 49.8. The monoisotopic (exact) mass is 954 g/mol. The van der Waals surface area contributed by atoms with Crippen LogP contribution in [0.15, 0.2) is 84.9 Å². The number of nitro groups is 2. The average Bonchev–Trinajstić information content (AvgIpc) is 3.62. The molecule has 4 heterocycles. The third-order valence-electron chi connectivity index (χ3n) is 14.9. The topological polar surface area (TPSA) is 164 Å². The largest absolute Gasteiger partial charge is 0.464 e. The maximum Gasteiger partial charge on any atom is 0.305 e. The summed E-state index contributed by atoms with van der Waals surface area (Å²) in [6, 6.07) is 22.0. The predicted molar refractivity (Wildman–Crippen MR) is 272 cm³/mol. The fourth-order valence-electron chi connectivity index (χ4n) is 10.8. The first kappa shape index (κ1) is 49.7. The van der Waals surface area contributed by atoms with Crippen molar-refractivity contribution in [1.82, 2.24) is 0 Å². The fourth-order valence-corrected chi connectivity index (χ4v) is 10.8. The number of rotatable bonds is 21. The minimum absolute atomic E-state index is 0.0271. The van der Waals surface area contributed by atoms with Gasteiger partial charge in [-0.1, -0.05) is 77.3 Å². The summed E-state index contributed by atoms with van der Waals surface area (Å²) in [7, 11) is 0. The van der Waals surface area contributed by atoms with Gasteiger partial charge in [0.1, 0.15) is 24.7 Å². The van der Waals surface area contributed by atoms with Crippen molar-refractivity contribution in [2.45, 2.75) is 141 Å². The smallest absolute Gasteiger partial charge is 0.305 e. The van der Waals surface area contributed by atoms with Crippen LogP contribution in [-0.4, -0.2) is 59.5 Å². The molecular weight excluding hydrogens is 889 g/mol. The van der Waals surface area contributed by atoms with Gasteiger partial charge >= 0.3 is 11.9 Å². The lowest BCUT2D eigenvalue weighted by Crippen LogP contribution is -2.60. The van der Waals surface area contributed by atoms with Crippen molar-refractivity contribution in [3.05, 3.63) is 127 Å². The molecule has 0 radical (unpaired) electrons. The minimum atomic E-state index is -1.07. The zero-order valence-corrected chi connectivity index (χ0v) is 41.4. The molecular formula is C56H66N4O10. The van der Waals surface area contributed by atoms with E-state index in [9.17, 15) is 29.8 Å². The number of benzene rings is 4. The predicted octanol–water partition coefficient (Wildman–Crippen LogP) is 12.8. The summed E-state index contributed by atoms with van der Waals surface area (Å²) < 4.78 is 25.7. The van der Waals surface area contributed by atoms with Gasteiger partial charge in [0, 0.05) is 59.6 Å². The maximum atomic E-state index is 12.9. The molecule has 8 rings (SSSR count). The number of non-ortho nitro benzene ring substituents is 2. The van der Waals surface area contributed by atoms with Gasteiger partial charge in [-0.2, -0.15) is 0 Å². The van der Waals surface area contributed by atoms with Crippen LogP contribution in [0.5, 0.6) is 11.5 Å². The summed E-state index contributed by atoms with van der Waals surface area (Å²) >= 11 is 0. The van der Waals surface area contributed by atoms with E-state index < -0.39 is 32.1 Å². The van der Waals surface area contributed by atoms with Crippen molar-refractivity contribution < 1.29 is 38.4 Å². The Morgan fingerprint density at radius 3 is 1.34 bits per heavy atom. The van der Waals surface area contributed by atoms with Gasteiger partial charge in [-0.25, -0.2) is 0 Å². The highest BCUT2D eigenvalue weighted by molar-refractivity contribution is 5.81. The molecule has 0 N–H and O–H groups in total. The summed E-state index contributed by atoms with van der Waals surface area (Å²) in [5, 5.41) is 23.4. The molecule has 14 heteroatoms. The number of nitrogens with zero attached hydrogens (tertiary/aromatic N) is 4. The number of anilines is 2. The average molecular weight is 955 g/mol. The van der Waals surface area contributed by atoms with Crippen LogP contribution in [0, 0.1) is 20.2 Å². The van der Waals surface area contributed by atoms with Gasteiger partial charge in [0.15, 0.2) is 0 Å². The molecule has 4 aromatic carbocycles. The van der Waals surface area contributed by atoms with E-state index in [2.05, 4.69) is 87.7 Å². The SMILES string of the molecule is CCCCCCCC(=O)OCCN1c2ccc(-c3ccc4c(c3)C(C)(C)C3(C=Cc5cc([N+](=O)[O-])ccc5O3)N4CCOC(=O)CCCCCCC)cc2C(C)(C)C12C=Cc1cc([N+](=O)[O-])ccc1O2. The standard InChI is InChI=1S/C56H66N4O10/c1-7-9-11-13-15-17-51(61)67-33-31-57-47-23-19-39(37-45(47)53(3,4)55(57)29-27-41-35-43(59(63)64)21-25-49(41)69-55)40-20-24-48-46(38-40)54(5,6)56(30-28-42-36-44(60(65)66)22-26-50(42)70-56)58(48)32-34-68-52(62)18-16-14-12-10-8-2/h19-30,35-38H,7-18,31-34H2,1-6H3. The third-order valence-corrected chi connectivity index (χ3v) is 14.9. The normalized spacial score (nSPS) is 19.5. The lowest BCUT2D eigenvalue weighted by Gasteiger charge is -2.47. The summed E-state index contributed by atoms with van der Waals surface area (Å²) in [6.45, 7) is 13.8. The van der Waals surface area contributed by atoms with E-state index in [1.54, 1.807) is 12.1 Å². The molecule has 0 saturated heterocycles. The van der Waals surface area contributed by atoms with E-state index in [4.69, 9.17) is 18.9 Å².